The van der Waals surface area contributed by atoms with Gasteiger partial charge in [0, 0.05) is 28.1 Å². The zero-order chi connectivity index (χ0) is 16.7. The highest BCUT2D eigenvalue weighted by Gasteiger charge is 2.32. The van der Waals surface area contributed by atoms with Gasteiger partial charge in [0.25, 0.3) is 0 Å². The monoisotopic (exact) mass is 346 g/mol. The SMILES string of the molecule is CC1(C)Cc2cccc(OCc3cc(Cl)cc4c3OCOC4)c2O1. The van der Waals surface area contributed by atoms with Gasteiger partial charge in [-0.1, -0.05) is 23.7 Å². The molecule has 0 atom stereocenters. The second-order valence-corrected chi connectivity index (χ2v) is 7.17. The Morgan fingerprint density at radius 3 is 2.92 bits per heavy atom. The molecule has 2 aliphatic rings. The van der Waals surface area contributed by atoms with Gasteiger partial charge in [-0.05, 0) is 32.0 Å². The summed E-state index contributed by atoms with van der Waals surface area (Å²) in [6, 6.07) is 9.75. The molecule has 0 saturated heterocycles. The largest absolute Gasteiger partial charge is 0.485 e. The smallest absolute Gasteiger partial charge is 0.189 e. The maximum Gasteiger partial charge on any atom is 0.189 e. The van der Waals surface area contributed by atoms with Crippen molar-refractivity contribution in [1.82, 2.24) is 0 Å². The summed E-state index contributed by atoms with van der Waals surface area (Å²) in [5.41, 5.74) is 2.84. The van der Waals surface area contributed by atoms with E-state index in [4.69, 9.17) is 30.5 Å². The molecule has 126 valence electrons. The van der Waals surface area contributed by atoms with Crippen LogP contribution >= 0.6 is 11.6 Å². The van der Waals surface area contributed by atoms with Gasteiger partial charge in [-0.15, -0.1) is 0 Å². The number of halogens is 1. The highest BCUT2D eigenvalue weighted by molar-refractivity contribution is 6.30. The Kier molecular flexibility index (Phi) is 3.82. The molecule has 4 rings (SSSR count). The molecule has 2 aromatic rings. The summed E-state index contributed by atoms with van der Waals surface area (Å²) in [5, 5.41) is 0.650. The van der Waals surface area contributed by atoms with E-state index in [1.807, 2.05) is 24.3 Å². The second-order valence-electron chi connectivity index (χ2n) is 6.74. The summed E-state index contributed by atoms with van der Waals surface area (Å²) in [6.45, 7) is 5.28. The third-order valence-electron chi connectivity index (χ3n) is 4.19. The van der Waals surface area contributed by atoms with Crippen LogP contribution < -0.4 is 14.2 Å². The van der Waals surface area contributed by atoms with E-state index in [2.05, 4.69) is 19.9 Å². The van der Waals surface area contributed by atoms with Gasteiger partial charge in [-0.3, -0.25) is 0 Å². The van der Waals surface area contributed by atoms with Gasteiger partial charge in [0.1, 0.15) is 18.0 Å². The van der Waals surface area contributed by atoms with Crippen LogP contribution in [0.4, 0.5) is 0 Å². The Morgan fingerprint density at radius 2 is 2.04 bits per heavy atom. The van der Waals surface area contributed by atoms with Crippen LogP contribution in [0.3, 0.4) is 0 Å². The lowest BCUT2D eigenvalue weighted by Gasteiger charge is -2.22. The first-order valence-electron chi connectivity index (χ1n) is 7.97. The molecule has 0 radical (unpaired) electrons. The van der Waals surface area contributed by atoms with Gasteiger partial charge >= 0.3 is 0 Å². The third kappa shape index (κ3) is 2.92. The zero-order valence-corrected chi connectivity index (χ0v) is 14.5. The molecule has 2 heterocycles. The molecule has 5 heteroatoms. The molecular formula is C19H19ClO4. The zero-order valence-electron chi connectivity index (χ0n) is 13.7. The lowest BCUT2D eigenvalue weighted by atomic mass is 10.0. The third-order valence-corrected chi connectivity index (χ3v) is 4.41. The van der Waals surface area contributed by atoms with Crippen LogP contribution in [0, 0.1) is 0 Å². The summed E-state index contributed by atoms with van der Waals surface area (Å²) in [7, 11) is 0. The van der Waals surface area contributed by atoms with Gasteiger partial charge in [0.05, 0.1) is 6.61 Å². The highest BCUT2D eigenvalue weighted by atomic mass is 35.5. The average Bonchev–Trinajstić information content (AvgIpc) is 2.86. The van der Waals surface area contributed by atoms with E-state index in [0.717, 1.165) is 34.8 Å². The van der Waals surface area contributed by atoms with E-state index in [1.54, 1.807) is 0 Å². The van der Waals surface area contributed by atoms with Crippen LogP contribution in [0.25, 0.3) is 0 Å². The molecule has 2 aromatic carbocycles. The first kappa shape index (κ1) is 15.6. The van der Waals surface area contributed by atoms with Crippen molar-refractivity contribution in [3.8, 4) is 17.2 Å². The van der Waals surface area contributed by atoms with Crippen molar-refractivity contribution in [3.05, 3.63) is 52.0 Å². The van der Waals surface area contributed by atoms with Crippen molar-refractivity contribution in [3.63, 3.8) is 0 Å². The number of ether oxygens (including phenoxy) is 4. The number of hydrogen-bond donors (Lipinski definition) is 0. The van der Waals surface area contributed by atoms with Crippen molar-refractivity contribution in [2.24, 2.45) is 0 Å². The Morgan fingerprint density at radius 1 is 1.17 bits per heavy atom. The lowest BCUT2D eigenvalue weighted by Crippen LogP contribution is -2.24. The molecule has 0 amide bonds. The highest BCUT2D eigenvalue weighted by Crippen LogP contribution is 2.42. The Bertz CT molecular complexity index is 785. The van der Waals surface area contributed by atoms with Crippen molar-refractivity contribution in [1.29, 1.82) is 0 Å². The maximum atomic E-state index is 6.20. The Hall–Kier alpha value is -1.91. The molecule has 0 aliphatic carbocycles. The van der Waals surface area contributed by atoms with Crippen LogP contribution in [-0.4, -0.2) is 12.4 Å². The summed E-state index contributed by atoms with van der Waals surface area (Å²) in [6.07, 6.45) is 0.881. The molecule has 0 saturated carbocycles. The Balaban J connectivity index is 1.59. The fourth-order valence-electron chi connectivity index (χ4n) is 3.22. The van der Waals surface area contributed by atoms with Gasteiger partial charge in [0.15, 0.2) is 18.3 Å². The molecular weight excluding hydrogens is 328 g/mol. The summed E-state index contributed by atoms with van der Waals surface area (Å²) < 4.78 is 23.0. The fourth-order valence-corrected chi connectivity index (χ4v) is 3.48. The number of para-hydroxylation sites is 1. The minimum absolute atomic E-state index is 0.197. The number of fused-ring (bicyclic) bond motifs is 2. The molecule has 0 bridgehead atoms. The molecule has 24 heavy (non-hydrogen) atoms. The molecule has 4 nitrogen and oxygen atoms in total. The number of benzene rings is 2. The van der Waals surface area contributed by atoms with Crippen LogP contribution in [0.15, 0.2) is 30.3 Å². The number of hydrogen-bond acceptors (Lipinski definition) is 4. The van der Waals surface area contributed by atoms with Gasteiger partial charge in [0.2, 0.25) is 0 Å². The minimum Gasteiger partial charge on any atom is -0.485 e. The fraction of sp³-hybridized carbons (Fsp3) is 0.368. The maximum absolute atomic E-state index is 6.20. The Labute approximate surface area is 146 Å². The normalized spacial score (nSPS) is 17.5. The summed E-state index contributed by atoms with van der Waals surface area (Å²) >= 11 is 6.20. The predicted octanol–water partition coefficient (Wildman–Crippen LogP) is 4.50. The first-order valence-corrected chi connectivity index (χ1v) is 8.35. The molecule has 0 spiro atoms. The van der Waals surface area contributed by atoms with E-state index in [-0.39, 0.29) is 12.4 Å². The number of rotatable bonds is 3. The van der Waals surface area contributed by atoms with Gasteiger partial charge in [-0.2, -0.15) is 0 Å². The van der Waals surface area contributed by atoms with E-state index in [0.29, 0.717) is 18.2 Å². The van der Waals surface area contributed by atoms with Crippen LogP contribution in [-0.2, 0) is 24.4 Å². The molecule has 0 N–H and O–H groups in total. The van der Waals surface area contributed by atoms with Crippen molar-refractivity contribution in [2.45, 2.75) is 39.1 Å². The predicted molar refractivity (Wildman–Crippen MR) is 90.9 cm³/mol. The average molecular weight is 347 g/mol. The lowest BCUT2D eigenvalue weighted by molar-refractivity contribution is -0.0175. The molecule has 2 aliphatic heterocycles. The van der Waals surface area contributed by atoms with Crippen molar-refractivity contribution in [2.75, 3.05) is 6.79 Å². The van der Waals surface area contributed by atoms with E-state index in [1.165, 1.54) is 5.56 Å². The topological polar surface area (TPSA) is 36.9 Å². The molecule has 0 fully saturated rings. The molecule has 0 unspecified atom stereocenters. The van der Waals surface area contributed by atoms with E-state index in [9.17, 15) is 0 Å². The standard InChI is InChI=1S/C19H19ClO4/c1-19(2)8-12-4-3-5-16(18(12)24-19)22-10-14-7-15(20)6-13-9-21-11-23-17(13)14/h3-7H,8-11H2,1-2H3. The summed E-state index contributed by atoms with van der Waals surface area (Å²) in [4.78, 5) is 0. The van der Waals surface area contributed by atoms with E-state index < -0.39 is 0 Å². The molecule has 0 aromatic heterocycles. The van der Waals surface area contributed by atoms with Crippen LogP contribution in [0.2, 0.25) is 5.02 Å². The van der Waals surface area contributed by atoms with Crippen molar-refractivity contribution >= 4 is 11.6 Å². The first-order chi connectivity index (χ1) is 11.5. The van der Waals surface area contributed by atoms with Crippen LogP contribution in [0.1, 0.15) is 30.5 Å². The quantitative estimate of drug-likeness (QED) is 0.820. The van der Waals surface area contributed by atoms with E-state index >= 15 is 0 Å². The van der Waals surface area contributed by atoms with Gasteiger partial charge < -0.3 is 18.9 Å². The second kappa shape index (κ2) is 5.87. The van der Waals surface area contributed by atoms with Gasteiger partial charge in [-0.25, -0.2) is 0 Å². The van der Waals surface area contributed by atoms with Crippen LogP contribution in [0.5, 0.6) is 17.2 Å². The van der Waals surface area contributed by atoms with Crippen molar-refractivity contribution < 1.29 is 18.9 Å². The summed E-state index contributed by atoms with van der Waals surface area (Å²) in [5.74, 6) is 2.39. The minimum atomic E-state index is -0.197.